The van der Waals surface area contributed by atoms with Gasteiger partial charge < -0.3 is 9.15 Å². The summed E-state index contributed by atoms with van der Waals surface area (Å²) in [6, 6.07) is 12.9. The molecule has 0 atom stereocenters. The summed E-state index contributed by atoms with van der Waals surface area (Å²) in [5.74, 6) is 0.630. The quantitative estimate of drug-likeness (QED) is 0.704. The fourth-order valence-electron chi connectivity index (χ4n) is 1.99. The summed E-state index contributed by atoms with van der Waals surface area (Å²) >= 11 is 0. The van der Waals surface area contributed by atoms with Crippen molar-refractivity contribution >= 4 is 11.1 Å². The Balaban J connectivity index is 2.32. The molecule has 0 unspecified atom stereocenters. The number of rotatable bonds is 2. The first kappa shape index (κ1) is 11.5. The van der Waals surface area contributed by atoms with E-state index in [1.807, 2.05) is 30.3 Å². The molecule has 0 saturated heterocycles. The number of aromatic nitrogens is 1. The van der Waals surface area contributed by atoms with Crippen molar-refractivity contribution in [3.8, 4) is 16.9 Å². The number of hydrogen-bond acceptors (Lipinski definition) is 4. The Hall–Kier alpha value is -2.62. The molecule has 2 aromatic heterocycles. The van der Waals surface area contributed by atoms with Crippen molar-refractivity contribution in [3.05, 3.63) is 59.1 Å². The number of hydrogen-bond donors (Lipinski definition) is 0. The van der Waals surface area contributed by atoms with Crippen molar-refractivity contribution in [3.63, 3.8) is 0 Å². The summed E-state index contributed by atoms with van der Waals surface area (Å²) in [6.45, 7) is 0. The molecular weight excluding hydrogens is 242 g/mol. The Morgan fingerprint density at radius 3 is 2.68 bits per heavy atom. The van der Waals surface area contributed by atoms with Crippen molar-refractivity contribution in [2.45, 2.75) is 0 Å². The molecule has 19 heavy (non-hydrogen) atoms. The number of methoxy groups -OCH3 is 1. The van der Waals surface area contributed by atoms with Gasteiger partial charge in [-0.2, -0.15) is 0 Å². The number of benzene rings is 1. The summed E-state index contributed by atoms with van der Waals surface area (Å²) in [6.07, 6.45) is 1.55. The molecule has 3 rings (SSSR count). The van der Waals surface area contributed by atoms with Gasteiger partial charge in [0.2, 0.25) is 5.71 Å². The fourth-order valence-corrected chi connectivity index (χ4v) is 1.99. The Morgan fingerprint density at radius 2 is 1.95 bits per heavy atom. The monoisotopic (exact) mass is 253 g/mol. The van der Waals surface area contributed by atoms with Crippen LogP contribution in [-0.2, 0) is 0 Å². The highest BCUT2D eigenvalue weighted by Crippen LogP contribution is 2.26. The number of ether oxygens (including phenoxy) is 1. The molecule has 0 radical (unpaired) electrons. The van der Waals surface area contributed by atoms with E-state index in [4.69, 9.17) is 9.15 Å². The van der Waals surface area contributed by atoms with Gasteiger partial charge in [-0.25, -0.2) is 9.78 Å². The number of nitrogens with zero attached hydrogens (tertiary/aromatic N) is 1. The fraction of sp³-hybridized carbons (Fsp3) is 0.0667. The molecule has 0 bridgehead atoms. The molecule has 0 fully saturated rings. The third-order valence-electron chi connectivity index (χ3n) is 2.92. The highest BCUT2D eigenvalue weighted by molar-refractivity contribution is 5.84. The standard InChI is InChI=1S/C15H11NO3/c1-18-13-7-8-16-14-12(13)9-11(15(17)19-14)10-5-3-2-4-6-10/h2-9H,1H3. The van der Waals surface area contributed by atoms with Gasteiger partial charge in [0.25, 0.3) is 0 Å². The normalized spacial score (nSPS) is 10.6. The second kappa shape index (κ2) is 4.57. The van der Waals surface area contributed by atoms with E-state index in [-0.39, 0.29) is 5.71 Å². The first-order chi connectivity index (χ1) is 9.29. The van der Waals surface area contributed by atoms with Gasteiger partial charge in [-0.1, -0.05) is 30.3 Å². The van der Waals surface area contributed by atoms with Crippen LogP contribution < -0.4 is 10.4 Å². The van der Waals surface area contributed by atoms with Crippen molar-refractivity contribution in [2.75, 3.05) is 7.11 Å². The minimum atomic E-state index is -0.403. The van der Waals surface area contributed by atoms with Gasteiger partial charge in [-0.3, -0.25) is 0 Å². The van der Waals surface area contributed by atoms with Crippen molar-refractivity contribution in [1.29, 1.82) is 0 Å². The van der Waals surface area contributed by atoms with Gasteiger partial charge in [0.15, 0.2) is 0 Å². The second-order valence-electron chi connectivity index (χ2n) is 4.05. The third kappa shape index (κ3) is 1.97. The van der Waals surface area contributed by atoms with Gasteiger partial charge in [-0.15, -0.1) is 0 Å². The van der Waals surface area contributed by atoms with E-state index < -0.39 is 5.63 Å². The topological polar surface area (TPSA) is 52.3 Å². The zero-order valence-corrected chi connectivity index (χ0v) is 10.3. The van der Waals surface area contributed by atoms with Crippen molar-refractivity contribution < 1.29 is 9.15 Å². The molecule has 0 amide bonds. The van der Waals surface area contributed by atoms with Gasteiger partial charge in [0.05, 0.1) is 18.1 Å². The van der Waals surface area contributed by atoms with Crippen molar-refractivity contribution in [1.82, 2.24) is 4.98 Å². The highest BCUT2D eigenvalue weighted by atomic mass is 16.5. The molecule has 0 N–H and O–H groups in total. The largest absolute Gasteiger partial charge is 0.496 e. The van der Waals surface area contributed by atoms with Gasteiger partial charge in [-0.05, 0) is 17.7 Å². The molecule has 0 spiro atoms. The lowest BCUT2D eigenvalue weighted by molar-refractivity contribution is 0.418. The zero-order valence-electron chi connectivity index (χ0n) is 10.3. The molecular formula is C15H11NO3. The molecule has 0 saturated carbocycles. The van der Waals surface area contributed by atoms with Gasteiger partial charge in [0.1, 0.15) is 5.75 Å². The second-order valence-corrected chi connectivity index (χ2v) is 4.05. The maximum Gasteiger partial charge on any atom is 0.345 e. The predicted octanol–water partition coefficient (Wildman–Crippen LogP) is 2.86. The Labute approximate surface area is 109 Å². The third-order valence-corrected chi connectivity index (χ3v) is 2.92. The van der Waals surface area contributed by atoms with E-state index in [0.29, 0.717) is 16.7 Å². The molecule has 4 nitrogen and oxygen atoms in total. The van der Waals surface area contributed by atoms with Gasteiger partial charge >= 0.3 is 5.63 Å². The van der Waals surface area contributed by atoms with Crippen LogP contribution in [0.25, 0.3) is 22.2 Å². The average molecular weight is 253 g/mol. The van der Waals surface area contributed by atoms with Crippen LogP contribution in [-0.4, -0.2) is 12.1 Å². The highest BCUT2D eigenvalue weighted by Gasteiger charge is 2.11. The SMILES string of the molecule is COc1ccnc2oc(=O)c(-c3ccccc3)cc12. The minimum Gasteiger partial charge on any atom is -0.496 e. The van der Waals surface area contributed by atoms with Crippen LogP contribution in [0.4, 0.5) is 0 Å². The summed E-state index contributed by atoms with van der Waals surface area (Å²) in [4.78, 5) is 16.0. The van der Waals surface area contributed by atoms with E-state index in [9.17, 15) is 4.79 Å². The van der Waals surface area contributed by atoms with E-state index in [1.165, 1.54) is 0 Å². The Bertz CT molecular complexity index is 778. The molecule has 4 heteroatoms. The predicted molar refractivity (Wildman–Crippen MR) is 72.3 cm³/mol. The van der Waals surface area contributed by atoms with Crippen LogP contribution in [0.15, 0.2) is 57.9 Å². The lowest BCUT2D eigenvalue weighted by Crippen LogP contribution is -2.03. The van der Waals surface area contributed by atoms with E-state index in [0.717, 1.165) is 5.56 Å². The van der Waals surface area contributed by atoms with Crippen molar-refractivity contribution in [2.24, 2.45) is 0 Å². The first-order valence-electron chi connectivity index (χ1n) is 5.82. The van der Waals surface area contributed by atoms with Crippen LogP contribution in [0.5, 0.6) is 5.75 Å². The molecule has 2 heterocycles. The van der Waals surface area contributed by atoms with E-state index in [1.54, 1.807) is 25.4 Å². The maximum absolute atomic E-state index is 12.0. The molecule has 1 aromatic carbocycles. The van der Waals surface area contributed by atoms with Crippen LogP contribution in [0.3, 0.4) is 0 Å². The zero-order chi connectivity index (χ0) is 13.2. The first-order valence-corrected chi connectivity index (χ1v) is 5.82. The van der Waals surface area contributed by atoms with E-state index >= 15 is 0 Å². The summed E-state index contributed by atoms with van der Waals surface area (Å²) in [7, 11) is 1.57. The minimum absolute atomic E-state index is 0.282. The summed E-state index contributed by atoms with van der Waals surface area (Å²) < 4.78 is 10.5. The van der Waals surface area contributed by atoms with Crippen LogP contribution in [0.2, 0.25) is 0 Å². The van der Waals surface area contributed by atoms with Crippen LogP contribution in [0.1, 0.15) is 0 Å². The number of fused-ring (bicyclic) bond motifs is 1. The molecule has 0 aliphatic rings. The summed E-state index contributed by atoms with van der Waals surface area (Å²) in [5, 5.41) is 0.684. The molecule has 0 aliphatic heterocycles. The lowest BCUT2D eigenvalue weighted by Gasteiger charge is -2.05. The average Bonchev–Trinajstić information content (AvgIpc) is 2.46. The Kier molecular flexibility index (Phi) is 2.76. The molecule has 0 aliphatic carbocycles. The summed E-state index contributed by atoms with van der Waals surface area (Å²) in [5.41, 5.74) is 1.19. The van der Waals surface area contributed by atoms with Crippen LogP contribution >= 0.6 is 0 Å². The smallest absolute Gasteiger partial charge is 0.345 e. The van der Waals surface area contributed by atoms with E-state index in [2.05, 4.69) is 4.98 Å². The lowest BCUT2D eigenvalue weighted by atomic mass is 10.1. The van der Waals surface area contributed by atoms with Crippen LogP contribution in [0, 0.1) is 0 Å². The molecule has 94 valence electrons. The molecule has 3 aromatic rings. The Morgan fingerprint density at radius 1 is 1.16 bits per heavy atom. The maximum atomic E-state index is 12.0. The number of pyridine rings is 1. The van der Waals surface area contributed by atoms with Gasteiger partial charge in [0, 0.05) is 6.20 Å².